The molecule has 154 valence electrons. The number of carbonyl (C=O) groups excluding carboxylic acids is 2. The van der Waals surface area contributed by atoms with Crippen LogP contribution < -0.4 is 0 Å². The maximum atomic E-state index is 11.8. The second-order valence-corrected chi connectivity index (χ2v) is 8.16. The fourth-order valence-electron chi connectivity index (χ4n) is 4.53. The van der Waals surface area contributed by atoms with Gasteiger partial charge in [-0.2, -0.15) is 0 Å². The minimum Gasteiger partial charge on any atom is -0.461 e. The van der Waals surface area contributed by atoms with Crippen LogP contribution in [-0.2, 0) is 28.5 Å². The SMILES string of the molecule is CO[C@]12C=C[C@](C)(O1)[C@@H](OC(C)=O)C[C@H]1CC=C[C@@H](C)[C@H]1/C=C\2COC(C)=O. The van der Waals surface area contributed by atoms with Crippen LogP contribution in [0.1, 0.15) is 40.5 Å². The monoisotopic (exact) mass is 390 g/mol. The number of ether oxygens (including phenoxy) is 4. The Morgan fingerprint density at radius 2 is 2.00 bits per heavy atom. The second-order valence-electron chi connectivity index (χ2n) is 8.16. The third-order valence-corrected chi connectivity index (χ3v) is 6.07. The van der Waals surface area contributed by atoms with Gasteiger partial charge in [0.05, 0.1) is 0 Å². The summed E-state index contributed by atoms with van der Waals surface area (Å²) in [6.07, 6.45) is 11.4. The normalized spacial score (nSPS) is 41.1. The highest BCUT2D eigenvalue weighted by Gasteiger charge is 2.52. The zero-order valence-corrected chi connectivity index (χ0v) is 17.3. The van der Waals surface area contributed by atoms with E-state index in [1.165, 1.54) is 13.8 Å². The zero-order chi connectivity index (χ0) is 20.5. The van der Waals surface area contributed by atoms with E-state index < -0.39 is 17.5 Å². The Hall–Kier alpha value is -1.92. The van der Waals surface area contributed by atoms with Gasteiger partial charge in [0.2, 0.25) is 5.79 Å². The molecule has 0 saturated carbocycles. The van der Waals surface area contributed by atoms with Crippen LogP contribution in [-0.4, -0.2) is 43.1 Å². The third-order valence-electron chi connectivity index (χ3n) is 6.07. The van der Waals surface area contributed by atoms with Crippen molar-refractivity contribution >= 4 is 11.9 Å². The molecule has 2 aliphatic heterocycles. The molecule has 0 aromatic carbocycles. The van der Waals surface area contributed by atoms with Gasteiger partial charge in [0.1, 0.15) is 18.3 Å². The Kier molecular flexibility index (Phi) is 5.82. The number of rotatable bonds is 4. The fourth-order valence-corrected chi connectivity index (χ4v) is 4.53. The topological polar surface area (TPSA) is 71.1 Å². The van der Waals surface area contributed by atoms with Crippen molar-refractivity contribution in [2.45, 2.75) is 58.0 Å². The predicted molar refractivity (Wildman–Crippen MR) is 103 cm³/mol. The van der Waals surface area contributed by atoms with Gasteiger partial charge in [-0.15, -0.1) is 0 Å². The first-order valence-corrected chi connectivity index (χ1v) is 9.83. The predicted octanol–water partition coefficient (Wildman–Crippen LogP) is 3.33. The molecule has 0 aromatic heterocycles. The van der Waals surface area contributed by atoms with Gasteiger partial charge in [-0.3, -0.25) is 9.59 Å². The van der Waals surface area contributed by atoms with E-state index in [1.54, 1.807) is 7.11 Å². The molecular formula is C22H30O6. The lowest BCUT2D eigenvalue weighted by atomic mass is 9.72. The smallest absolute Gasteiger partial charge is 0.303 e. The maximum absolute atomic E-state index is 11.8. The molecule has 0 saturated heterocycles. The van der Waals surface area contributed by atoms with Gasteiger partial charge in [0.15, 0.2) is 0 Å². The van der Waals surface area contributed by atoms with Crippen molar-refractivity contribution in [1.82, 2.24) is 0 Å². The summed E-state index contributed by atoms with van der Waals surface area (Å²) in [6.45, 7) is 6.97. The quantitative estimate of drug-likeness (QED) is 0.542. The summed E-state index contributed by atoms with van der Waals surface area (Å²) >= 11 is 0. The molecular weight excluding hydrogens is 360 g/mol. The van der Waals surface area contributed by atoms with E-state index in [4.69, 9.17) is 18.9 Å². The van der Waals surface area contributed by atoms with Crippen molar-refractivity contribution in [3.63, 3.8) is 0 Å². The summed E-state index contributed by atoms with van der Waals surface area (Å²) in [7, 11) is 1.57. The number of fused-ring (bicyclic) bond motifs is 3. The average molecular weight is 390 g/mol. The van der Waals surface area contributed by atoms with Crippen molar-refractivity contribution in [1.29, 1.82) is 0 Å². The molecule has 0 radical (unpaired) electrons. The molecule has 2 bridgehead atoms. The Balaban J connectivity index is 2.08. The van der Waals surface area contributed by atoms with Crippen molar-refractivity contribution in [2.24, 2.45) is 17.8 Å². The number of carbonyl (C=O) groups is 2. The lowest BCUT2D eigenvalue weighted by molar-refractivity contribution is -0.228. The van der Waals surface area contributed by atoms with Gasteiger partial charge < -0.3 is 18.9 Å². The standard InChI is InChI=1S/C22H30O6/c1-14-7-6-8-17-11-20(27-16(3)24)21(4)9-10-22(25-5,28-21)18(12-19(14)17)13-26-15(2)23/h6-7,9-10,12,14,17,19-20H,8,11,13H2,1-5H3/b18-12-/t14-,17-,19-,20+,21+,22-/m1/s1. The molecule has 0 unspecified atom stereocenters. The Labute approximate surface area is 166 Å². The van der Waals surface area contributed by atoms with Crippen LogP contribution in [0.4, 0.5) is 0 Å². The van der Waals surface area contributed by atoms with Crippen LogP contribution in [0.25, 0.3) is 0 Å². The van der Waals surface area contributed by atoms with Crippen molar-refractivity contribution in [3.05, 3.63) is 36.0 Å². The molecule has 1 aliphatic carbocycles. The Bertz CT molecular complexity index is 723. The Morgan fingerprint density at radius 1 is 1.25 bits per heavy atom. The largest absolute Gasteiger partial charge is 0.461 e. The van der Waals surface area contributed by atoms with E-state index in [-0.39, 0.29) is 30.4 Å². The molecule has 6 nitrogen and oxygen atoms in total. The van der Waals surface area contributed by atoms with E-state index >= 15 is 0 Å². The van der Waals surface area contributed by atoms with E-state index in [0.29, 0.717) is 12.3 Å². The zero-order valence-electron chi connectivity index (χ0n) is 17.3. The highest BCUT2D eigenvalue weighted by atomic mass is 16.7. The molecule has 0 N–H and O–H groups in total. The van der Waals surface area contributed by atoms with E-state index in [0.717, 1.165) is 12.0 Å². The van der Waals surface area contributed by atoms with Gasteiger partial charge in [-0.05, 0) is 49.7 Å². The molecule has 0 aromatic rings. The van der Waals surface area contributed by atoms with Gasteiger partial charge in [-0.25, -0.2) is 0 Å². The van der Waals surface area contributed by atoms with Crippen LogP contribution in [0.15, 0.2) is 36.0 Å². The summed E-state index contributed by atoms with van der Waals surface area (Å²) in [5.74, 6) is -1.08. The number of hydrogen-bond donors (Lipinski definition) is 0. The van der Waals surface area contributed by atoms with Crippen LogP contribution >= 0.6 is 0 Å². The maximum Gasteiger partial charge on any atom is 0.303 e. The van der Waals surface area contributed by atoms with Gasteiger partial charge in [0.25, 0.3) is 0 Å². The van der Waals surface area contributed by atoms with Crippen LogP contribution in [0.2, 0.25) is 0 Å². The first-order chi connectivity index (χ1) is 13.2. The summed E-state index contributed by atoms with van der Waals surface area (Å²) in [5.41, 5.74) is -0.0817. The molecule has 6 atom stereocenters. The first kappa shape index (κ1) is 20.8. The molecule has 3 rings (SSSR count). The van der Waals surface area contributed by atoms with Gasteiger partial charge >= 0.3 is 11.9 Å². The molecule has 0 spiro atoms. The summed E-state index contributed by atoms with van der Waals surface area (Å²) in [6, 6.07) is 0. The minimum absolute atomic E-state index is 0.0848. The number of methoxy groups -OCH3 is 1. The van der Waals surface area contributed by atoms with Crippen molar-refractivity contribution in [2.75, 3.05) is 13.7 Å². The molecule has 28 heavy (non-hydrogen) atoms. The molecule has 0 amide bonds. The van der Waals surface area contributed by atoms with Crippen LogP contribution in [0.3, 0.4) is 0 Å². The highest BCUT2D eigenvalue weighted by molar-refractivity contribution is 5.66. The van der Waals surface area contributed by atoms with E-state index in [9.17, 15) is 9.59 Å². The van der Waals surface area contributed by atoms with Crippen LogP contribution in [0.5, 0.6) is 0 Å². The molecule has 6 heteroatoms. The Morgan fingerprint density at radius 3 is 2.64 bits per heavy atom. The summed E-state index contributed by atoms with van der Waals surface area (Å²) in [4.78, 5) is 23.3. The summed E-state index contributed by atoms with van der Waals surface area (Å²) in [5, 5.41) is 0. The first-order valence-electron chi connectivity index (χ1n) is 9.83. The van der Waals surface area contributed by atoms with E-state index in [1.807, 2.05) is 19.1 Å². The third kappa shape index (κ3) is 3.94. The number of hydrogen-bond acceptors (Lipinski definition) is 6. The minimum atomic E-state index is -1.15. The lowest BCUT2D eigenvalue weighted by Crippen LogP contribution is -2.47. The molecule has 2 heterocycles. The molecule has 3 aliphatic rings. The lowest BCUT2D eigenvalue weighted by Gasteiger charge is -2.38. The highest BCUT2D eigenvalue weighted by Crippen LogP contribution is 2.47. The van der Waals surface area contributed by atoms with Crippen LogP contribution in [0, 0.1) is 17.8 Å². The average Bonchev–Trinajstić information content (AvgIpc) is 2.99. The van der Waals surface area contributed by atoms with E-state index in [2.05, 4.69) is 25.2 Å². The summed E-state index contributed by atoms with van der Waals surface area (Å²) < 4.78 is 23.3. The second kappa shape index (κ2) is 7.84. The number of esters is 2. The number of allylic oxidation sites excluding steroid dienone is 3. The van der Waals surface area contributed by atoms with Crippen molar-refractivity contribution < 1.29 is 28.5 Å². The van der Waals surface area contributed by atoms with Gasteiger partial charge in [-0.1, -0.05) is 25.2 Å². The molecule has 0 fully saturated rings. The van der Waals surface area contributed by atoms with Crippen molar-refractivity contribution in [3.8, 4) is 0 Å². The fraction of sp³-hybridized carbons (Fsp3) is 0.636. The van der Waals surface area contributed by atoms with Gasteiger partial charge in [0, 0.05) is 26.5 Å².